The highest BCUT2D eigenvalue weighted by atomic mass is 16.2. The van der Waals surface area contributed by atoms with Crippen molar-refractivity contribution in [2.45, 2.75) is 39.2 Å². The Hall–Kier alpha value is -0.860. The maximum atomic E-state index is 11.3. The van der Waals surface area contributed by atoms with Gasteiger partial charge in [0.2, 0.25) is 5.91 Å². The summed E-state index contributed by atoms with van der Waals surface area (Å²) in [6.45, 7) is 9.69. The van der Waals surface area contributed by atoms with Crippen LogP contribution in [0.1, 0.15) is 33.6 Å². The zero-order valence-electron chi connectivity index (χ0n) is 8.18. The Morgan fingerprint density at radius 1 is 1.58 bits per heavy atom. The first-order chi connectivity index (χ1) is 5.54. The van der Waals surface area contributed by atoms with Gasteiger partial charge < -0.3 is 5.32 Å². The molecule has 0 heterocycles. The van der Waals surface area contributed by atoms with Gasteiger partial charge >= 0.3 is 0 Å². The molecule has 0 aliphatic carbocycles. The standard InChI is InChI=1S/C9H18N2O/c1-5-6-7-11-8(12)9(2,3)10-4/h4-7H2,1-3H3,(H,11,12). The van der Waals surface area contributed by atoms with Crippen molar-refractivity contribution in [3.05, 3.63) is 0 Å². The predicted molar refractivity (Wildman–Crippen MR) is 51.5 cm³/mol. The second-order valence-corrected chi connectivity index (χ2v) is 3.33. The van der Waals surface area contributed by atoms with Crippen molar-refractivity contribution in [1.29, 1.82) is 0 Å². The molecule has 70 valence electrons. The fraction of sp³-hybridized carbons (Fsp3) is 0.778. The smallest absolute Gasteiger partial charge is 0.247 e. The minimum atomic E-state index is -0.687. The minimum absolute atomic E-state index is 0.0500. The van der Waals surface area contributed by atoms with Crippen LogP contribution in [0, 0.1) is 0 Å². The third-order valence-electron chi connectivity index (χ3n) is 1.77. The van der Waals surface area contributed by atoms with Gasteiger partial charge in [-0.15, -0.1) is 0 Å². The van der Waals surface area contributed by atoms with E-state index < -0.39 is 5.54 Å². The second kappa shape index (κ2) is 4.91. The normalized spacial score (nSPS) is 10.9. The van der Waals surface area contributed by atoms with Crippen molar-refractivity contribution in [3.8, 4) is 0 Å². The molecule has 3 heteroatoms. The van der Waals surface area contributed by atoms with E-state index in [0.29, 0.717) is 0 Å². The lowest BCUT2D eigenvalue weighted by Crippen LogP contribution is -2.40. The number of carbonyl (C=O) groups is 1. The molecule has 1 N–H and O–H groups in total. The summed E-state index contributed by atoms with van der Waals surface area (Å²) in [5, 5.41) is 2.80. The van der Waals surface area contributed by atoms with Crippen LogP contribution in [0.15, 0.2) is 4.99 Å². The van der Waals surface area contributed by atoms with E-state index >= 15 is 0 Å². The summed E-state index contributed by atoms with van der Waals surface area (Å²) in [4.78, 5) is 15.1. The largest absolute Gasteiger partial charge is 0.354 e. The van der Waals surface area contributed by atoms with Gasteiger partial charge in [-0.3, -0.25) is 9.79 Å². The van der Waals surface area contributed by atoms with E-state index in [1.807, 2.05) is 0 Å². The predicted octanol–water partition coefficient (Wildman–Crippen LogP) is 1.38. The molecule has 12 heavy (non-hydrogen) atoms. The zero-order valence-corrected chi connectivity index (χ0v) is 8.18. The van der Waals surface area contributed by atoms with Gasteiger partial charge in [-0.25, -0.2) is 0 Å². The third-order valence-corrected chi connectivity index (χ3v) is 1.77. The number of rotatable bonds is 5. The van der Waals surface area contributed by atoms with Crippen LogP contribution in [0.3, 0.4) is 0 Å². The van der Waals surface area contributed by atoms with E-state index in [1.165, 1.54) is 0 Å². The molecule has 0 saturated heterocycles. The average Bonchev–Trinajstić information content (AvgIpc) is 2.05. The first kappa shape index (κ1) is 11.1. The van der Waals surface area contributed by atoms with E-state index in [-0.39, 0.29) is 5.91 Å². The molecule has 0 fully saturated rings. The fourth-order valence-electron chi connectivity index (χ4n) is 0.667. The first-order valence-electron chi connectivity index (χ1n) is 4.30. The molecule has 0 unspecified atom stereocenters. The van der Waals surface area contributed by atoms with Gasteiger partial charge in [0.15, 0.2) is 0 Å². The van der Waals surface area contributed by atoms with Gasteiger partial charge in [-0.2, -0.15) is 0 Å². The molecule has 0 rings (SSSR count). The second-order valence-electron chi connectivity index (χ2n) is 3.33. The van der Waals surface area contributed by atoms with Crippen molar-refractivity contribution < 1.29 is 4.79 Å². The number of amides is 1. The van der Waals surface area contributed by atoms with E-state index in [0.717, 1.165) is 19.4 Å². The molecule has 0 aromatic carbocycles. The van der Waals surface area contributed by atoms with E-state index in [2.05, 4.69) is 24.0 Å². The number of unbranched alkanes of at least 4 members (excludes halogenated alkanes) is 1. The van der Waals surface area contributed by atoms with Gasteiger partial charge in [-0.05, 0) is 27.0 Å². The number of hydrogen-bond acceptors (Lipinski definition) is 2. The van der Waals surface area contributed by atoms with Crippen LogP contribution < -0.4 is 5.32 Å². The van der Waals surface area contributed by atoms with Gasteiger partial charge in [0, 0.05) is 6.54 Å². The van der Waals surface area contributed by atoms with Crippen molar-refractivity contribution >= 4 is 12.6 Å². The molecular weight excluding hydrogens is 152 g/mol. The van der Waals surface area contributed by atoms with Gasteiger partial charge in [0.1, 0.15) is 5.54 Å². The molecule has 0 aliphatic heterocycles. The van der Waals surface area contributed by atoms with Crippen LogP contribution in [0.25, 0.3) is 0 Å². The summed E-state index contributed by atoms with van der Waals surface area (Å²) < 4.78 is 0. The molecule has 0 atom stereocenters. The summed E-state index contributed by atoms with van der Waals surface area (Å²) in [5.41, 5.74) is -0.687. The Labute approximate surface area is 74.3 Å². The molecule has 0 spiro atoms. The van der Waals surface area contributed by atoms with Crippen LogP contribution >= 0.6 is 0 Å². The summed E-state index contributed by atoms with van der Waals surface area (Å²) in [7, 11) is 0. The van der Waals surface area contributed by atoms with Gasteiger partial charge in [0.05, 0.1) is 0 Å². The van der Waals surface area contributed by atoms with E-state index in [4.69, 9.17) is 0 Å². The SMILES string of the molecule is C=NC(C)(C)C(=O)NCCCC. The molecule has 0 aliphatic rings. The molecule has 0 aromatic heterocycles. The molecular formula is C9H18N2O. The van der Waals surface area contributed by atoms with Crippen molar-refractivity contribution in [3.63, 3.8) is 0 Å². The summed E-state index contributed by atoms with van der Waals surface area (Å²) >= 11 is 0. The summed E-state index contributed by atoms with van der Waals surface area (Å²) in [5.74, 6) is -0.0500. The molecule has 1 amide bonds. The molecule has 0 bridgehead atoms. The van der Waals surface area contributed by atoms with Crippen LogP contribution in [-0.4, -0.2) is 24.7 Å². The third kappa shape index (κ3) is 3.51. The minimum Gasteiger partial charge on any atom is -0.354 e. The van der Waals surface area contributed by atoms with Crippen molar-refractivity contribution in [1.82, 2.24) is 5.32 Å². The average molecular weight is 170 g/mol. The van der Waals surface area contributed by atoms with E-state index in [9.17, 15) is 4.79 Å². The van der Waals surface area contributed by atoms with Crippen molar-refractivity contribution in [2.24, 2.45) is 4.99 Å². The first-order valence-corrected chi connectivity index (χ1v) is 4.30. The van der Waals surface area contributed by atoms with Gasteiger partial charge in [0.25, 0.3) is 0 Å². The van der Waals surface area contributed by atoms with Crippen LogP contribution in [-0.2, 0) is 4.79 Å². The zero-order chi connectivity index (χ0) is 9.61. The summed E-state index contributed by atoms with van der Waals surface area (Å²) in [6.07, 6.45) is 2.10. The molecule has 0 aromatic rings. The number of aliphatic imine (C=N–C) groups is 1. The number of carbonyl (C=O) groups excluding carboxylic acids is 1. The number of nitrogens with zero attached hydrogens (tertiary/aromatic N) is 1. The summed E-state index contributed by atoms with van der Waals surface area (Å²) in [6, 6.07) is 0. The fourth-order valence-corrected chi connectivity index (χ4v) is 0.667. The van der Waals surface area contributed by atoms with E-state index in [1.54, 1.807) is 13.8 Å². The highest BCUT2D eigenvalue weighted by molar-refractivity contribution is 5.86. The topological polar surface area (TPSA) is 41.5 Å². The molecule has 3 nitrogen and oxygen atoms in total. The monoisotopic (exact) mass is 170 g/mol. The Morgan fingerprint density at radius 2 is 2.17 bits per heavy atom. The Kier molecular flexibility index (Phi) is 4.55. The lowest BCUT2D eigenvalue weighted by molar-refractivity contribution is -0.125. The van der Waals surface area contributed by atoms with Crippen LogP contribution in [0.4, 0.5) is 0 Å². The highest BCUT2D eigenvalue weighted by Gasteiger charge is 2.24. The van der Waals surface area contributed by atoms with Crippen LogP contribution in [0.5, 0.6) is 0 Å². The van der Waals surface area contributed by atoms with Crippen molar-refractivity contribution in [2.75, 3.05) is 6.54 Å². The number of nitrogens with one attached hydrogen (secondary N) is 1. The number of hydrogen-bond donors (Lipinski definition) is 1. The highest BCUT2D eigenvalue weighted by Crippen LogP contribution is 2.06. The lowest BCUT2D eigenvalue weighted by atomic mass is 10.1. The Balaban J connectivity index is 3.79. The quantitative estimate of drug-likeness (QED) is 0.491. The Morgan fingerprint density at radius 3 is 2.58 bits per heavy atom. The molecule has 0 saturated carbocycles. The van der Waals surface area contributed by atoms with Gasteiger partial charge in [-0.1, -0.05) is 13.3 Å². The molecule has 0 radical (unpaired) electrons. The Bertz CT molecular complexity index is 164. The lowest BCUT2D eigenvalue weighted by Gasteiger charge is -2.17. The maximum Gasteiger partial charge on any atom is 0.247 e. The van der Waals surface area contributed by atoms with Crippen LogP contribution in [0.2, 0.25) is 0 Å². The maximum absolute atomic E-state index is 11.3.